The Bertz CT molecular complexity index is 990. The molecule has 4 rings (SSSR count). The molecule has 0 radical (unpaired) electrons. The first-order valence-electron chi connectivity index (χ1n) is 12.7. The lowest BCUT2D eigenvalue weighted by Crippen LogP contribution is -2.57. The summed E-state index contributed by atoms with van der Waals surface area (Å²) in [6.07, 6.45) is 3.80. The number of hydrogen-bond acceptors (Lipinski definition) is 4. The minimum atomic E-state index is -0.974. The summed E-state index contributed by atoms with van der Waals surface area (Å²) in [7, 11) is 3.96. The Morgan fingerprint density at radius 3 is 2.31 bits per heavy atom. The first-order chi connectivity index (χ1) is 16.9. The van der Waals surface area contributed by atoms with Crippen molar-refractivity contribution in [3.8, 4) is 0 Å². The molecule has 2 heterocycles. The number of amides is 3. The number of piperidine rings is 1. The number of benzene rings is 2. The van der Waals surface area contributed by atoms with Crippen LogP contribution in [0.1, 0.15) is 30.4 Å². The molecular weight excluding hydrogens is 443 g/mol. The molecular formula is C28H37FN4O2. The van der Waals surface area contributed by atoms with E-state index in [0.29, 0.717) is 13.0 Å². The van der Waals surface area contributed by atoms with Crippen molar-refractivity contribution in [1.29, 1.82) is 0 Å². The fraction of sp³-hybridized carbons (Fsp3) is 0.500. The van der Waals surface area contributed by atoms with Gasteiger partial charge in [-0.3, -0.25) is 9.69 Å². The van der Waals surface area contributed by atoms with E-state index in [0.717, 1.165) is 57.4 Å². The Balaban J connectivity index is 1.46. The van der Waals surface area contributed by atoms with Crippen molar-refractivity contribution in [2.24, 2.45) is 5.92 Å². The van der Waals surface area contributed by atoms with Crippen molar-refractivity contribution in [2.75, 3.05) is 46.8 Å². The van der Waals surface area contributed by atoms with Crippen LogP contribution in [0.4, 0.5) is 9.18 Å². The van der Waals surface area contributed by atoms with Crippen molar-refractivity contribution in [3.63, 3.8) is 0 Å². The molecule has 0 aliphatic carbocycles. The Labute approximate surface area is 208 Å². The standard InChI is InChI=1S/C28H37FN4O2/c1-31(2)16-6-17-33-26(34)28(30-27(33)35,21-23-9-11-25(29)12-10-23)24-14-19-32(20-15-24)18-13-22-7-4-3-5-8-22/h3-5,7-12,24H,6,13-21H2,1-2H3,(H,30,35). The first kappa shape index (κ1) is 25.3. The zero-order valence-electron chi connectivity index (χ0n) is 20.9. The molecule has 0 spiro atoms. The van der Waals surface area contributed by atoms with E-state index in [-0.39, 0.29) is 23.7 Å². The Morgan fingerprint density at radius 2 is 1.66 bits per heavy atom. The highest BCUT2D eigenvalue weighted by Gasteiger charge is 2.55. The molecule has 188 valence electrons. The second-order valence-electron chi connectivity index (χ2n) is 10.2. The van der Waals surface area contributed by atoms with Crippen molar-refractivity contribution >= 4 is 11.9 Å². The van der Waals surface area contributed by atoms with Crippen molar-refractivity contribution in [1.82, 2.24) is 20.0 Å². The van der Waals surface area contributed by atoms with Gasteiger partial charge >= 0.3 is 6.03 Å². The van der Waals surface area contributed by atoms with Crippen LogP contribution >= 0.6 is 0 Å². The van der Waals surface area contributed by atoms with Gasteiger partial charge < -0.3 is 15.1 Å². The van der Waals surface area contributed by atoms with Crippen LogP contribution in [0.15, 0.2) is 54.6 Å². The minimum Gasteiger partial charge on any atom is -0.322 e. The van der Waals surface area contributed by atoms with Gasteiger partial charge in [0.15, 0.2) is 0 Å². The maximum absolute atomic E-state index is 13.8. The molecule has 2 aliphatic rings. The molecule has 1 unspecified atom stereocenters. The number of imide groups is 1. The fourth-order valence-electron chi connectivity index (χ4n) is 5.44. The highest BCUT2D eigenvalue weighted by atomic mass is 19.1. The quantitative estimate of drug-likeness (QED) is 0.529. The number of nitrogens with one attached hydrogen (secondary N) is 1. The topological polar surface area (TPSA) is 55.9 Å². The van der Waals surface area contributed by atoms with E-state index < -0.39 is 5.54 Å². The van der Waals surface area contributed by atoms with Crippen molar-refractivity contribution < 1.29 is 14.0 Å². The average molecular weight is 481 g/mol. The SMILES string of the molecule is CN(C)CCCN1C(=O)NC(Cc2ccc(F)cc2)(C2CCN(CCc3ccccc3)CC2)C1=O. The second-order valence-corrected chi connectivity index (χ2v) is 10.2. The van der Waals surface area contributed by atoms with Crippen LogP contribution in [-0.4, -0.2) is 79.0 Å². The maximum atomic E-state index is 13.8. The average Bonchev–Trinajstić information content (AvgIpc) is 3.10. The Hall–Kier alpha value is -2.77. The predicted octanol–water partition coefficient (Wildman–Crippen LogP) is 3.57. The van der Waals surface area contributed by atoms with Crippen LogP contribution < -0.4 is 5.32 Å². The molecule has 2 saturated heterocycles. The van der Waals surface area contributed by atoms with E-state index in [9.17, 15) is 14.0 Å². The monoisotopic (exact) mass is 480 g/mol. The lowest BCUT2D eigenvalue weighted by Gasteiger charge is -2.41. The lowest BCUT2D eigenvalue weighted by atomic mass is 9.74. The third-order valence-corrected chi connectivity index (χ3v) is 7.43. The number of hydrogen-bond donors (Lipinski definition) is 1. The normalized spacial score (nSPS) is 21.7. The summed E-state index contributed by atoms with van der Waals surface area (Å²) in [5.41, 5.74) is 1.22. The van der Waals surface area contributed by atoms with Crippen molar-refractivity contribution in [3.05, 3.63) is 71.5 Å². The molecule has 2 aromatic carbocycles. The summed E-state index contributed by atoms with van der Waals surface area (Å²) in [5.74, 6) is -0.397. The largest absolute Gasteiger partial charge is 0.325 e. The third kappa shape index (κ3) is 6.08. The van der Waals surface area contributed by atoms with Gasteiger partial charge in [0, 0.05) is 19.5 Å². The molecule has 2 fully saturated rings. The molecule has 2 aromatic rings. The van der Waals surface area contributed by atoms with E-state index in [2.05, 4.69) is 39.4 Å². The van der Waals surface area contributed by atoms with Gasteiger partial charge in [-0.25, -0.2) is 9.18 Å². The molecule has 0 bridgehead atoms. The molecule has 1 atom stereocenters. The van der Waals surface area contributed by atoms with Gasteiger partial charge in [0.1, 0.15) is 11.4 Å². The van der Waals surface area contributed by atoms with Crippen LogP contribution in [0.3, 0.4) is 0 Å². The number of halogens is 1. The Morgan fingerprint density at radius 1 is 0.971 bits per heavy atom. The minimum absolute atomic E-state index is 0.0378. The van der Waals surface area contributed by atoms with Gasteiger partial charge in [-0.05, 0) is 88.6 Å². The molecule has 35 heavy (non-hydrogen) atoms. The van der Waals surface area contributed by atoms with Gasteiger partial charge in [0.2, 0.25) is 0 Å². The van der Waals surface area contributed by atoms with Crippen molar-refractivity contribution in [2.45, 2.75) is 37.6 Å². The van der Waals surface area contributed by atoms with Gasteiger partial charge in [0.05, 0.1) is 0 Å². The zero-order valence-corrected chi connectivity index (χ0v) is 20.9. The van der Waals surface area contributed by atoms with Gasteiger partial charge in [-0.1, -0.05) is 42.5 Å². The zero-order chi connectivity index (χ0) is 24.8. The maximum Gasteiger partial charge on any atom is 0.325 e. The van der Waals surface area contributed by atoms with E-state index in [1.54, 1.807) is 12.1 Å². The smallest absolute Gasteiger partial charge is 0.322 e. The highest BCUT2D eigenvalue weighted by molar-refractivity contribution is 6.07. The molecule has 3 amide bonds. The summed E-state index contributed by atoms with van der Waals surface area (Å²) in [6, 6.07) is 16.5. The van der Waals surface area contributed by atoms with Gasteiger partial charge in [-0.15, -0.1) is 0 Å². The van der Waals surface area contributed by atoms with E-state index in [1.165, 1.54) is 22.6 Å². The summed E-state index contributed by atoms with van der Waals surface area (Å²) < 4.78 is 13.5. The number of carbonyl (C=O) groups is 2. The predicted molar refractivity (Wildman–Crippen MR) is 136 cm³/mol. The molecule has 0 aromatic heterocycles. The summed E-state index contributed by atoms with van der Waals surface area (Å²) in [5, 5.41) is 3.12. The van der Waals surface area contributed by atoms with Crippen LogP contribution in [0.5, 0.6) is 0 Å². The van der Waals surface area contributed by atoms with Crippen LogP contribution in [0.2, 0.25) is 0 Å². The van der Waals surface area contributed by atoms with Gasteiger partial charge in [0.25, 0.3) is 5.91 Å². The molecule has 2 aliphatic heterocycles. The van der Waals surface area contributed by atoms with E-state index in [4.69, 9.17) is 0 Å². The highest BCUT2D eigenvalue weighted by Crippen LogP contribution is 2.36. The third-order valence-electron chi connectivity index (χ3n) is 7.43. The van der Waals surface area contributed by atoms with Crippen LogP contribution in [0, 0.1) is 11.7 Å². The second kappa shape index (κ2) is 11.3. The number of carbonyl (C=O) groups excluding carboxylic acids is 2. The lowest BCUT2D eigenvalue weighted by molar-refractivity contribution is -0.134. The molecule has 0 saturated carbocycles. The molecule has 6 nitrogen and oxygen atoms in total. The van der Waals surface area contributed by atoms with Gasteiger partial charge in [-0.2, -0.15) is 0 Å². The summed E-state index contributed by atoms with van der Waals surface area (Å²) >= 11 is 0. The number of nitrogens with zero attached hydrogens (tertiary/aromatic N) is 3. The van der Waals surface area contributed by atoms with E-state index >= 15 is 0 Å². The molecule has 7 heteroatoms. The first-order valence-corrected chi connectivity index (χ1v) is 12.7. The number of rotatable bonds is 10. The Kier molecular flexibility index (Phi) is 8.19. The molecule has 1 N–H and O–H groups in total. The number of likely N-dealkylation sites (tertiary alicyclic amines) is 1. The summed E-state index contributed by atoms with van der Waals surface area (Å²) in [4.78, 5) is 32.7. The van der Waals surface area contributed by atoms with E-state index in [1.807, 2.05) is 20.2 Å². The van der Waals surface area contributed by atoms with Crippen LogP contribution in [0.25, 0.3) is 0 Å². The number of urea groups is 1. The fourth-order valence-corrected chi connectivity index (χ4v) is 5.44. The van der Waals surface area contributed by atoms with Crippen LogP contribution in [-0.2, 0) is 17.6 Å². The summed E-state index contributed by atoms with van der Waals surface area (Å²) in [6.45, 7) is 3.99.